The minimum Gasteiger partial charge on any atom is -0.383 e. The fourth-order valence-corrected chi connectivity index (χ4v) is 2.85. The molecule has 3 N–H and O–H groups in total. The van der Waals surface area contributed by atoms with Crippen LogP contribution < -0.4 is 10.5 Å². The minimum absolute atomic E-state index is 0.151. The van der Waals surface area contributed by atoms with E-state index in [0.29, 0.717) is 5.56 Å². The molecule has 0 aliphatic heterocycles. The van der Waals surface area contributed by atoms with E-state index in [2.05, 4.69) is 16.6 Å². The third-order valence-electron chi connectivity index (χ3n) is 2.33. The van der Waals surface area contributed by atoms with Crippen molar-refractivity contribution in [3.63, 3.8) is 0 Å². The fourth-order valence-electron chi connectivity index (χ4n) is 1.56. The quantitative estimate of drug-likeness (QED) is 0.774. The Balaban J connectivity index is 3.01. The molecule has 20 heavy (non-hydrogen) atoms. The van der Waals surface area contributed by atoms with Crippen LogP contribution in [0.5, 0.6) is 0 Å². The van der Waals surface area contributed by atoms with Gasteiger partial charge in [-0.1, -0.05) is 11.8 Å². The molecule has 0 aliphatic carbocycles. The molecule has 0 saturated heterocycles. The van der Waals surface area contributed by atoms with Gasteiger partial charge in [-0.3, -0.25) is 0 Å². The largest absolute Gasteiger partial charge is 0.383 e. The summed E-state index contributed by atoms with van der Waals surface area (Å²) in [6.45, 7) is 1.97. The van der Waals surface area contributed by atoms with E-state index in [1.807, 2.05) is 0 Å². The SMILES string of the molecule is COCC(C)NS(=O)(=O)c1ccc(C#CCN)cc1F. The molecule has 110 valence electrons. The predicted octanol–water partition coefficient (Wildman–Crippen LogP) is 0.449. The van der Waals surface area contributed by atoms with Crippen molar-refractivity contribution in [2.75, 3.05) is 20.3 Å². The number of sulfonamides is 1. The molecule has 0 aliphatic rings. The molecule has 1 unspecified atom stereocenters. The van der Waals surface area contributed by atoms with Crippen molar-refractivity contribution >= 4 is 10.0 Å². The van der Waals surface area contributed by atoms with Crippen LogP contribution in [0.25, 0.3) is 0 Å². The predicted molar refractivity (Wildman–Crippen MR) is 74.0 cm³/mol. The van der Waals surface area contributed by atoms with E-state index in [1.54, 1.807) is 6.92 Å². The number of benzene rings is 1. The van der Waals surface area contributed by atoms with Gasteiger partial charge in [-0.25, -0.2) is 17.5 Å². The molecule has 0 spiro atoms. The summed E-state index contributed by atoms with van der Waals surface area (Å²) in [5.74, 6) is 4.35. The maximum Gasteiger partial charge on any atom is 0.243 e. The van der Waals surface area contributed by atoms with E-state index in [0.717, 1.165) is 6.07 Å². The molecule has 7 heteroatoms. The molecule has 0 aromatic heterocycles. The number of nitrogens with one attached hydrogen (secondary N) is 1. The second-order valence-electron chi connectivity index (χ2n) is 4.13. The van der Waals surface area contributed by atoms with Crippen LogP contribution in [0.4, 0.5) is 4.39 Å². The second-order valence-corrected chi connectivity index (χ2v) is 5.81. The van der Waals surface area contributed by atoms with Crippen LogP contribution in [0.3, 0.4) is 0 Å². The summed E-state index contributed by atoms with van der Waals surface area (Å²) in [6, 6.07) is 3.22. The minimum atomic E-state index is -3.93. The summed E-state index contributed by atoms with van der Waals surface area (Å²) >= 11 is 0. The van der Waals surface area contributed by atoms with Crippen LogP contribution in [-0.2, 0) is 14.8 Å². The summed E-state index contributed by atoms with van der Waals surface area (Å²) in [5.41, 5.74) is 5.58. The summed E-state index contributed by atoms with van der Waals surface area (Å²) in [7, 11) is -2.47. The summed E-state index contributed by atoms with van der Waals surface area (Å²) < 4.78 is 45.0. The summed E-state index contributed by atoms with van der Waals surface area (Å²) in [5, 5.41) is 0. The third kappa shape index (κ3) is 4.58. The highest BCUT2D eigenvalue weighted by atomic mass is 32.2. The van der Waals surface area contributed by atoms with E-state index in [1.165, 1.54) is 19.2 Å². The van der Waals surface area contributed by atoms with Gasteiger partial charge in [0.05, 0.1) is 13.2 Å². The van der Waals surface area contributed by atoms with Crippen molar-refractivity contribution in [3.8, 4) is 11.8 Å². The Morgan fingerprint density at radius 3 is 2.75 bits per heavy atom. The van der Waals surface area contributed by atoms with Crippen molar-refractivity contribution in [2.24, 2.45) is 5.73 Å². The molecule has 1 aromatic carbocycles. The van der Waals surface area contributed by atoms with Gasteiger partial charge in [-0.05, 0) is 25.1 Å². The van der Waals surface area contributed by atoms with Gasteiger partial charge in [0.25, 0.3) is 0 Å². The first-order valence-corrected chi connectivity index (χ1v) is 7.38. The summed E-state index contributed by atoms with van der Waals surface area (Å²) in [4.78, 5) is -0.418. The Bertz CT molecular complexity index is 620. The maximum absolute atomic E-state index is 13.9. The Labute approximate surface area is 118 Å². The first-order chi connectivity index (χ1) is 9.40. The van der Waals surface area contributed by atoms with Crippen LogP contribution in [0.1, 0.15) is 12.5 Å². The number of hydrogen-bond donors (Lipinski definition) is 2. The Morgan fingerprint density at radius 1 is 1.50 bits per heavy atom. The van der Waals surface area contributed by atoms with Crippen LogP contribution in [-0.4, -0.2) is 34.7 Å². The van der Waals surface area contributed by atoms with Crippen molar-refractivity contribution in [3.05, 3.63) is 29.6 Å². The van der Waals surface area contributed by atoms with Crippen LogP contribution >= 0.6 is 0 Å². The molecular formula is C13H17FN2O3S. The Morgan fingerprint density at radius 2 is 2.20 bits per heavy atom. The van der Waals surface area contributed by atoms with Gasteiger partial charge in [0.2, 0.25) is 10.0 Å². The lowest BCUT2D eigenvalue weighted by Gasteiger charge is -2.13. The van der Waals surface area contributed by atoms with Crippen LogP contribution in [0.2, 0.25) is 0 Å². The average Bonchev–Trinajstić information content (AvgIpc) is 2.35. The highest BCUT2D eigenvalue weighted by Gasteiger charge is 2.21. The van der Waals surface area contributed by atoms with Crippen molar-refractivity contribution in [1.82, 2.24) is 4.72 Å². The van der Waals surface area contributed by atoms with Gasteiger partial charge in [-0.15, -0.1) is 0 Å². The molecule has 5 nitrogen and oxygen atoms in total. The van der Waals surface area contributed by atoms with Gasteiger partial charge >= 0.3 is 0 Å². The number of ether oxygens (including phenoxy) is 1. The monoisotopic (exact) mass is 300 g/mol. The van der Waals surface area contributed by atoms with Crippen molar-refractivity contribution in [1.29, 1.82) is 0 Å². The standard InChI is InChI=1S/C13H17FN2O3S/c1-10(9-19-2)16-20(17,18)13-6-5-11(4-3-7-15)8-12(13)14/h5-6,8,10,16H,7,9,15H2,1-2H3. The van der Waals surface area contributed by atoms with Gasteiger partial charge in [0, 0.05) is 18.7 Å². The fraction of sp³-hybridized carbons (Fsp3) is 0.385. The number of methoxy groups -OCH3 is 1. The maximum atomic E-state index is 13.9. The summed E-state index contributed by atoms with van der Waals surface area (Å²) in [6.07, 6.45) is 0. The van der Waals surface area contributed by atoms with E-state index >= 15 is 0 Å². The number of hydrogen-bond acceptors (Lipinski definition) is 4. The lowest BCUT2D eigenvalue weighted by atomic mass is 10.2. The number of rotatable bonds is 5. The van der Waals surface area contributed by atoms with Gasteiger partial charge < -0.3 is 10.5 Å². The van der Waals surface area contributed by atoms with E-state index < -0.39 is 26.8 Å². The molecular weight excluding hydrogens is 283 g/mol. The molecule has 1 atom stereocenters. The normalized spacial score (nSPS) is 12.6. The molecule has 0 heterocycles. The van der Waals surface area contributed by atoms with Crippen LogP contribution in [0.15, 0.2) is 23.1 Å². The van der Waals surface area contributed by atoms with Gasteiger partial charge in [0.1, 0.15) is 10.7 Å². The third-order valence-corrected chi connectivity index (χ3v) is 3.95. The van der Waals surface area contributed by atoms with E-state index in [-0.39, 0.29) is 13.2 Å². The topological polar surface area (TPSA) is 81.4 Å². The van der Waals surface area contributed by atoms with Crippen molar-refractivity contribution in [2.45, 2.75) is 17.9 Å². The van der Waals surface area contributed by atoms with E-state index in [4.69, 9.17) is 10.5 Å². The van der Waals surface area contributed by atoms with Gasteiger partial charge in [0.15, 0.2) is 0 Å². The van der Waals surface area contributed by atoms with Crippen molar-refractivity contribution < 1.29 is 17.5 Å². The molecule has 0 saturated carbocycles. The molecule has 1 aromatic rings. The van der Waals surface area contributed by atoms with E-state index in [9.17, 15) is 12.8 Å². The lowest BCUT2D eigenvalue weighted by Crippen LogP contribution is -2.36. The number of nitrogens with two attached hydrogens (primary N) is 1. The number of halogens is 1. The molecule has 1 rings (SSSR count). The zero-order valence-electron chi connectivity index (χ0n) is 11.3. The first-order valence-electron chi connectivity index (χ1n) is 5.90. The first kappa shape index (κ1) is 16.6. The molecule has 0 amide bonds. The highest BCUT2D eigenvalue weighted by molar-refractivity contribution is 7.89. The zero-order valence-corrected chi connectivity index (χ0v) is 12.1. The smallest absolute Gasteiger partial charge is 0.243 e. The lowest BCUT2D eigenvalue weighted by molar-refractivity contribution is 0.180. The zero-order chi connectivity index (χ0) is 15.2. The second kappa shape index (κ2) is 7.36. The Kier molecular flexibility index (Phi) is 6.10. The van der Waals surface area contributed by atoms with Gasteiger partial charge in [-0.2, -0.15) is 0 Å². The highest BCUT2D eigenvalue weighted by Crippen LogP contribution is 2.16. The molecule has 0 radical (unpaired) electrons. The van der Waals surface area contributed by atoms with Crippen LogP contribution in [0, 0.1) is 17.7 Å². The molecule has 0 bridgehead atoms. The average molecular weight is 300 g/mol. The Hall–Kier alpha value is -1.46. The molecule has 0 fully saturated rings.